The number of benzene rings is 1. The van der Waals surface area contributed by atoms with Crippen LogP contribution in [0.15, 0.2) is 18.2 Å². The van der Waals surface area contributed by atoms with E-state index in [-0.39, 0.29) is 42.3 Å². The highest BCUT2D eigenvalue weighted by molar-refractivity contribution is 6.04. The van der Waals surface area contributed by atoms with E-state index in [1.165, 1.54) is 7.11 Å². The van der Waals surface area contributed by atoms with E-state index in [4.69, 9.17) is 9.47 Å². The van der Waals surface area contributed by atoms with Crippen molar-refractivity contribution in [2.24, 2.45) is 11.3 Å². The SMILES string of the molecule is CCCCCC(C)C(=O)OC1NCC12CN(c1ccc(C(=O)NC3CCC(=O)NC3=O)c(OC)c1)C2. The number of hydrogen-bond donors (Lipinski definition) is 3. The zero-order chi connectivity index (χ0) is 25.9. The quantitative estimate of drug-likeness (QED) is 0.252. The number of amides is 3. The predicted molar refractivity (Wildman–Crippen MR) is 132 cm³/mol. The minimum absolute atomic E-state index is 0.102. The Morgan fingerprint density at radius 1 is 1.25 bits per heavy atom. The average Bonchev–Trinajstić information content (AvgIpc) is 2.82. The first-order valence-corrected chi connectivity index (χ1v) is 12.8. The van der Waals surface area contributed by atoms with Gasteiger partial charge in [-0.3, -0.25) is 29.8 Å². The molecule has 196 valence electrons. The molecule has 3 saturated heterocycles. The molecule has 36 heavy (non-hydrogen) atoms. The molecule has 3 amide bonds. The minimum atomic E-state index is -0.755. The van der Waals surface area contributed by atoms with Crippen molar-refractivity contribution in [3.63, 3.8) is 0 Å². The maximum atomic E-state index is 12.8. The van der Waals surface area contributed by atoms with Gasteiger partial charge in [0.2, 0.25) is 11.8 Å². The normalized spacial score (nSPS) is 23.2. The van der Waals surface area contributed by atoms with Gasteiger partial charge in [-0.05, 0) is 25.0 Å². The second-order valence-electron chi connectivity index (χ2n) is 10.2. The van der Waals surface area contributed by atoms with Crippen molar-refractivity contribution < 1.29 is 28.7 Å². The number of esters is 1. The lowest BCUT2D eigenvalue weighted by Gasteiger charge is -2.60. The van der Waals surface area contributed by atoms with Gasteiger partial charge >= 0.3 is 5.97 Å². The smallest absolute Gasteiger partial charge is 0.310 e. The Hall–Kier alpha value is -3.14. The van der Waals surface area contributed by atoms with Gasteiger partial charge in [0.25, 0.3) is 5.91 Å². The molecular weight excluding hydrogens is 464 g/mol. The molecule has 3 fully saturated rings. The molecule has 3 heterocycles. The van der Waals surface area contributed by atoms with Gasteiger partial charge in [0.05, 0.1) is 24.0 Å². The third-order valence-electron chi connectivity index (χ3n) is 7.42. The number of rotatable bonds is 10. The van der Waals surface area contributed by atoms with E-state index in [0.29, 0.717) is 11.3 Å². The molecule has 1 spiro atoms. The minimum Gasteiger partial charge on any atom is -0.496 e. The number of carbonyl (C=O) groups excluding carboxylic acids is 4. The summed E-state index contributed by atoms with van der Waals surface area (Å²) in [6.07, 6.45) is 4.31. The van der Waals surface area contributed by atoms with Crippen molar-refractivity contribution in [2.75, 3.05) is 31.6 Å². The Labute approximate surface area is 211 Å². The third kappa shape index (κ3) is 5.33. The number of nitrogens with one attached hydrogen (secondary N) is 3. The molecule has 0 saturated carbocycles. The Kier molecular flexibility index (Phi) is 7.82. The van der Waals surface area contributed by atoms with Crippen LogP contribution in [0, 0.1) is 11.3 Å². The van der Waals surface area contributed by atoms with Crippen LogP contribution in [0.4, 0.5) is 5.69 Å². The fourth-order valence-corrected chi connectivity index (χ4v) is 5.00. The first-order valence-electron chi connectivity index (χ1n) is 12.8. The lowest BCUT2D eigenvalue weighted by atomic mass is 9.72. The highest BCUT2D eigenvalue weighted by Crippen LogP contribution is 2.43. The molecule has 10 heteroatoms. The molecule has 0 bridgehead atoms. The van der Waals surface area contributed by atoms with Crippen LogP contribution in [-0.4, -0.2) is 62.7 Å². The summed E-state index contributed by atoms with van der Waals surface area (Å²) in [4.78, 5) is 50.8. The molecule has 1 aromatic carbocycles. The van der Waals surface area contributed by atoms with E-state index in [2.05, 4.69) is 27.8 Å². The number of nitrogens with zero attached hydrogens (tertiary/aromatic N) is 1. The summed E-state index contributed by atoms with van der Waals surface area (Å²) >= 11 is 0. The van der Waals surface area contributed by atoms with Crippen LogP contribution in [0.2, 0.25) is 0 Å². The summed E-state index contributed by atoms with van der Waals surface area (Å²) in [5.41, 5.74) is 1.11. The number of ether oxygens (including phenoxy) is 2. The molecule has 1 aromatic rings. The maximum absolute atomic E-state index is 12.8. The molecule has 10 nitrogen and oxygen atoms in total. The monoisotopic (exact) mass is 500 g/mol. The third-order valence-corrected chi connectivity index (χ3v) is 7.42. The fourth-order valence-electron chi connectivity index (χ4n) is 5.00. The van der Waals surface area contributed by atoms with Crippen molar-refractivity contribution in [1.29, 1.82) is 0 Å². The number of imide groups is 1. The van der Waals surface area contributed by atoms with Crippen LogP contribution >= 0.6 is 0 Å². The molecule has 3 unspecified atom stereocenters. The number of carbonyl (C=O) groups is 4. The summed E-state index contributed by atoms with van der Waals surface area (Å²) in [6, 6.07) is 4.57. The van der Waals surface area contributed by atoms with Crippen molar-refractivity contribution in [1.82, 2.24) is 16.0 Å². The van der Waals surface area contributed by atoms with Gasteiger partial charge in [0.15, 0.2) is 6.23 Å². The predicted octanol–water partition coefficient (Wildman–Crippen LogP) is 1.73. The van der Waals surface area contributed by atoms with E-state index in [1.807, 2.05) is 13.0 Å². The molecule has 3 aliphatic heterocycles. The zero-order valence-electron chi connectivity index (χ0n) is 21.2. The van der Waals surface area contributed by atoms with Crippen molar-refractivity contribution in [2.45, 2.75) is 64.6 Å². The lowest BCUT2D eigenvalue weighted by molar-refractivity contribution is -0.180. The first kappa shape index (κ1) is 25.9. The molecular formula is C26H36N4O6. The van der Waals surface area contributed by atoms with E-state index in [9.17, 15) is 19.2 Å². The van der Waals surface area contributed by atoms with E-state index < -0.39 is 17.9 Å². The van der Waals surface area contributed by atoms with Crippen LogP contribution in [0.1, 0.15) is 62.7 Å². The highest BCUT2D eigenvalue weighted by Gasteiger charge is 2.57. The maximum Gasteiger partial charge on any atom is 0.310 e. The van der Waals surface area contributed by atoms with Crippen molar-refractivity contribution in [3.8, 4) is 5.75 Å². The summed E-state index contributed by atoms with van der Waals surface area (Å²) in [7, 11) is 1.49. The lowest BCUT2D eigenvalue weighted by Crippen LogP contribution is -2.77. The van der Waals surface area contributed by atoms with E-state index in [0.717, 1.165) is 51.0 Å². The average molecular weight is 501 g/mol. The van der Waals surface area contributed by atoms with Crippen LogP contribution < -0.4 is 25.6 Å². The van der Waals surface area contributed by atoms with Gasteiger partial charge in [0.1, 0.15) is 11.8 Å². The van der Waals surface area contributed by atoms with Gasteiger partial charge in [-0.2, -0.15) is 0 Å². The Morgan fingerprint density at radius 2 is 2.03 bits per heavy atom. The molecule has 0 aromatic heterocycles. The van der Waals surface area contributed by atoms with Crippen molar-refractivity contribution in [3.05, 3.63) is 23.8 Å². The summed E-state index contributed by atoms with van der Waals surface area (Å²) in [6.45, 7) is 6.32. The topological polar surface area (TPSA) is 126 Å². The van der Waals surface area contributed by atoms with Crippen LogP contribution in [0.25, 0.3) is 0 Å². The number of methoxy groups -OCH3 is 1. The Morgan fingerprint density at radius 3 is 2.67 bits per heavy atom. The fraction of sp³-hybridized carbons (Fsp3) is 0.615. The van der Waals surface area contributed by atoms with E-state index >= 15 is 0 Å². The number of hydrogen-bond acceptors (Lipinski definition) is 8. The molecule has 3 atom stereocenters. The van der Waals surface area contributed by atoms with E-state index in [1.54, 1.807) is 12.1 Å². The second kappa shape index (κ2) is 10.9. The Bertz CT molecular complexity index is 1020. The van der Waals surface area contributed by atoms with Gasteiger partial charge in [0, 0.05) is 37.8 Å². The summed E-state index contributed by atoms with van der Waals surface area (Å²) < 4.78 is 11.3. The molecule has 3 N–H and O–H groups in total. The highest BCUT2D eigenvalue weighted by atomic mass is 16.6. The number of anilines is 1. The summed E-state index contributed by atoms with van der Waals surface area (Å²) in [5, 5.41) is 8.18. The first-order chi connectivity index (χ1) is 17.3. The van der Waals surface area contributed by atoms with Gasteiger partial charge < -0.3 is 19.7 Å². The molecule has 3 aliphatic rings. The zero-order valence-corrected chi connectivity index (χ0v) is 21.2. The van der Waals surface area contributed by atoms with Crippen LogP contribution in [-0.2, 0) is 19.1 Å². The largest absolute Gasteiger partial charge is 0.496 e. The standard InChI is InChI=1S/C26H36N4O6/c1-4-5-6-7-16(2)24(34)36-25-26(13-27-25)14-30(15-26)17-8-9-18(20(12-17)35-3)22(32)28-19-10-11-21(31)29-23(19)33/h8-9,12,16,19,25,27H,4-7,10-11,13-15H2,1-3H3,(H,28,32)(H,29,31,33). The number of piperidine rings is 1. The van der Waals surface area contributed by atoms with Crippen molar-refractivity contribution >= 4 is 29.4 Å². The molecule has 4 rings (SSSR count). The van der Waals surface area contributed by atoms with Crippen LogP contribution in [0.3, 0.4) is 0 Å². The van der Waals surface area contributed by atoms with Crippen LogP contribution in [0.5, 0.6) is 5.75 Å². The number of unbranched alkanes of at least 4 members (excludes halogenated alkanes) is 2. The molecule has 0 radical (unpaired) electrons. The van der Waals surface area contributed by atoms with Gasteiger partial charge in [-0.25, -0.2) is 0 Å². The van der Waals surface area contributed by atoms with Gasteiger partial charge in [-0.15, -0.1) is 0 Å². The Balaban J connectivity index is 1.33. The van der Waals surface area contributed by atoms with Gasteiger partial charge in [-0.1, -0.05) is 33.1 Å². The second-order valence-corrected chi connectivity index (χ2v) is 10.2. The molecule has 0 aliphatic carbocycles. The summed E-state index contributed by atoms with van der Waals surface area (Å²) in [5.74, 6) is -1.12.